The molecule has 1 heterocycles. The summed E-state index contributed by atoms with van der Waals surface area (Å²) in [7, 11) is 1.66. The molecular formula is C15H17ClFN3O. The van der Waals surface area contributed by atoms with Crippen molar-refractivity contribution in [3.63, 3.8) is 0 Å². The Balaban J connectivity index is 2.22. The fraction of sp³-hybridized carbons (Fsp3) is 0.333. The van der Waals surface area contributed by atoms with E-state index in [0.717, 1.165) is 17.9 Å². The second-order valence-electron chi connectivity index (χ2n) is 4.62. The minimum absolute atomic E-state index is 0.305. The molecule has 0 aliphatic carbocycles. The first-order valence-electron chi connectivity index (χ1n) is 6.60. The van der Waals surface area contributed by atoms with Crippen LogP contribution in [0, 0.1) is 12.7 Å². The van der Waals surface area contributed by atoms with Crippen LogP contribution in [0.3, 0.4) is 0 Å². The molecule has 0 fully saturated rings. The van der Waals surface area contributed by atoms with Crippen LogP contribution in [0.4, 0.5) is 4.39 Å². The molecule has 112 valence electrons. The first-order chi connectivity index (χ1) is 10.1. The molecule has 0 bridgehead atoms. The highest BCUT2D eigenvalue weighted by Gasteiger charge is 2.09. The predicted octanol–water partition coefficient (Wildman–Crippen LogP) is 2.98. The fourth-order valence-corrected chi connectivity index (χ4v) is 2.16. The molecule has 21 heavy (non-hydrogen) atoms. The number of nitrogens with one attached hydrogen (secondary N) is 1. The highest BCUT2D eigenvalue weighted by atomic mass is 35.5. The zero-order chi connectivity index (χ0) is 15.2. The van der Waals surface area contributed by atoms with Crippen LogP contribution in [-0.4, -0.2) is 30.2 Å². The van der Waals surface area contributed by atoms with Crippen molar-refractivity contribution < 1.29 is 9.13 Å². The van der Waals surface area contributed by atoms with Crippen LogP contribution in [0.15, 0.2) is 24.3 Å². The van der Waals surface area contributed by atoms with Crippen LogP contribution in [-0.2, 0) is 11.3 Å². The van der Waals surface area contributed by atoms with Gasteiger partial charge in [0.1, 0.15) is 5.82 Å². The lowest BCUT2D eigenvalue weighted by molar-refractivity contribution is 0.199. The van der Waals surface area contributed by atoms with E-state index in [0.29, 0.717) is 29.6 Å². The average molecular weight is 310 g/mol. The van der Waals surface area contributed by atoms with Gasteiger partial charge in [-0.05, 0) is 31.2 Å². The van der Waals surface area contributed by atoms with E-state index in [1.165, 1.54) is 12.1 Å². The summed E-state index contributed by atoms with van der Waals surface area (Å²) in [5.41, 5.74) is 2.32. The third-order valence-corrected chi connectivity index (χ3v) is 3.18. The predicted molar refractivity (Wildman–Crippen MR) is 80.8 cm³/mol. The van der Waals surface area contributed by atoms with Crippen LogP contribution < -0.4 is 5.32 Å². The number of aryl methyl sites for hydroxylation is 1. The maximum Gasteiger partial charge on any atom is 0.161 e. The van der Waals surface area contributed by atoms with Crippen LogP contribution in [0.2, 0.25) is 5.02 Å². The van der Waals surface area contributed by atoms with Gasteiger partial charge in [-0.15, -0.1) is 0 Å². The van der Waals surface area contributed by atoms with E-state index in [4.69, 9.17) is 16.3 Å². The van der Waals surface area contributed by atoms with Gasteiger partial charge >= 0.3 is 0 Å². The molecule has 0 spiro atoms. The van der Waals surface area contributed by atoms with E-state index in [2.05, 4.69) is 15.3 Å². The standard InChI is InChI=1S/C15H17ClFN3O/c1-10-7-12(9-18-5-6-21-2)20-15(19-10)13-4-3-11(17)8-14(13)16/h3-4,7-8,18H,5-6,9H2,1-2H3. The van der Waals surface area contributed by atoms with Gasteiger partial charge in [-0.2, -0.15) is 0 Å². The molecule has 0 saturated heterocycles. The van der Waals surface area contributed by atoms with E-state index < -0.39 is 0 Å². The zero-order valence-corrected chi connectivity index (χ0v) is 12.7. The van der Waals surface area contributed by atoms with Crippen molar-refractivity contribution in [2.45, 2.75) is 13.5 Å². The monoisotopic (exact) mass is 309 g/mol. The third-order valence-electron chi connectivity index (χ3n) is 2.87. The maximum atomic E-state index is 13.1. The first-order valence-corrected chi connectivity index (χ1v) is 6.97. The summed E-state index contributed by atoms with van der Waals surface area (Å²) in [5, 5.41) is 3.53. The van der Waals surface area contributed by atoms with Crippen molar-refractivity contribution in [3.8, 4) is 11.4 Å². The van der Waals surface area contributed by atoms with Gasteiger partial charge in [0.25, 0.3) is 0 Å². The maximum absolute atomic E-state index is 13.1. The molecule has 0 aliphatic rings. The van der Waals surface area contributed by atoms with Crippen LogP contribution in [0.1, 0.15) is 11.4 Å². The number of hydrogen-bond acceptors (Lipinski definition) is 4. The SMILES string of the molecule is COCCNCc1cc(C)nc(-c2ccc(F)cc2Cl)n1. The summed E-state index contributed by atoms with van der Waals surface area (Å²) in [6.07, 6.45) is 0. The van der Waals surface area contributed by atoms with E-state index >= 15 is 0 Å². The minimum Gasteiger partial charge on any atom is -0.383 e. The molecule has 1 N–H and O–H groups in total. The van der Waals surface area contributed by atoms with Gasteiger partial charge in [-0.1, -0.05) is 11.6 Å². The summed E-state index contributed by atoms with van der Waals surface area (Å²) < 4.78 is 18.1. The van der Waals surface area contributed by atoms with Crippen molar-refractivity contribution in [3.05, 3.63) is 46.5 Å². The van der Waals surface area contributed by atoms with Crippen molar-refractivity contribution in [1.82, 2.24) is 15.3 Å². The summed E-state index contributed by atoms with van der Waals surface area (Å²) in [6, 6.07) is 6.11. The number of aromatic nitrogens is 2. The van der Waals surface area contributed by atoms with E-state index in [1.54, 1.807) is 13.2 Å². The topological polar surface area (TPSA) is 47.0 Å². The lowest BCUT2D eigenvalue weighted by Gasteiger charge is -2.08. The molecule has 0 amide bonds. The lowest BCUT2D eigenvalue weighted by Crippen LogP contribution is -2.19. The van der Waals surface area contributed by atoms with Crippen LogP contribution in [0.25, 0.3) is 11.4 Å². The van der Waals surface area contributed by atoms with Crippen molar-refractivity contribution in [1.29, 1.82) is 0 Å². The van der Waals surface area contributed by atoms with Crippen molar-refractivity contribution in [2.75, 3.05) is 20.3 Å². The third kappa shape index (κ3) is 4.46. The number of rotatable bonds is 6. The van der Waals surface area contributed by atoms with Crippen molar-refractivity contribution in [2.24, 2.45) is 0 Å². The molecule has 0 saturated carbocycles. The molecule has 0 aliphatic heterocycles. The number of methoxy groups -OCH3 is 1. The molecule has 1 aromatic carbocycles. The van der Waals surface area contributed by atoms with Gasteiger partial charge in [0.2, 0.25) is 0 Å². The summed E-state index contributed by atoms with van der Waals surface area (Å²) in [4.78, 5) is 8.84. The molecule has 6 heteroatoms. The molecule has 4 nitrogen and oxygen atoms in total. The number of nitrogens with zero attached hydrogens (tertiary/aromatic N) is 2. The Morgan fingerprint density at radius 3 is 2.81 bits per heavy atom. The second-order valence-corrected chi connectivity index (χ2v) is 5.03. The average Bonchev–Trinajstić information content (AvgIpc) is 2.43. The Hall–Kier alpha value is -1.56. The molecule has 2 rings (SSSR count). The minimum atomic E-state index is -0.377. The molecular weight excluding hydrogens is 293 g/mol. The quantitative estimate of drug-likeness (QED) is 0.833. The number of benzene rings is 1. The number of hydrogen-bond donors (Lipinski definition) is 1. The van der Waals surface area contributed by atoms with Crippen LogP contribution >= 0.6 is 11.6 Å². The van der Waals surface area contributed by atoms with Gasteiger partial charge in [0.15, 0.2) is 5.82 Å². The highest BCUT2D eigenvalue weighted by Crippen LogP contribution is 2.26. The number of ether oxygens (including phenoxy) is 1. The normalized spacial score (nSPS) is 10.9. The Bertz CT molecular complexity index is 622. The van der Waals surface area contributed by atoms with E-state index in [-0.39, 0.29) is 5.82 Å². The largest absolute Gasteiger partial charge is 0.383 e. The Morgan fingerprint density at radius 1 is 1.29 bits per heavy atom. The van der Waals surface area contributed by atoms with E-state index in [9.17, 15) is 4.39 Å². The fourth-order valence-electron chi connectivity index (χ4n) is 1.91. The zero-order valence-electron chi connectivity index (χ0n) is 12.0. The van der Waals surface area contributed by atoms with Crippen LogP contribution in [0.5, 0.6) is 0 Å². The van der Waals surface area contributed by atoms with Gasteiger partial charge in [0.05, 0.1) is 17.3 Å². The molecule has 1 aromatic heterocycles. The molecule has 2 aromatic rings. The summed E-state index contributed by atoms with van der Waals surface area (Å²) in [5.74, 6) is 0.126. The molecule has 0 unspecified atom stereocenters. The Morgan fingerprint density at radius 2 is 2.10 bits per heavy atom. The summed E-state index contributed by atoms with van der Waals surface area (Å²) in [6.45, 7) is 3.88. The van der Waals surface area contributed by atoms with Gasteiger partial charge in [0, 0.05) is 31.5 Å². The molecule has 0 radical (unpaired) electrons. The number of halogens is 2. The Kier molecular flexibility index (Phi) is 5.61. The summed E-state index contributed by atoms with van der Waals surface area (Å²) >= 11 is 6.06. The lowest BCUT2D eigenvalue weighted by atomic mass is 10.2. The first kappa shape index (κ1) is 15.8. The van der Waals surface area contributed by atoms with Gasteiger partial charge in [-0.25, -0.2) is 14.4 Å². The smallest absolute Gasteiger partial charge is 0.161 e. The highest BCUT2D eigenvalue weighted by molar-refractivity contribution is 6.33. The molecule has 0 atom stereocenters. The van der Waals surface area contributed by atoms with Gasteiger partial charge in [-0.3, -0.25) is 0 Å². The Labute approximate surface area is 128 Å². The van der Waals surface area contributed by atoms with Crippen molar-refractivity contribution >= 4 is 11.6 Å². The van der Waals surface area contributed by atoms with E-state index in [1.807, 2.05) is 13.0 Å². The van der Waals surface area contributed by atoms with Gasteiger partial charge < -0.3 is 10.1 Å². The second kappa shape index (κ2) is 7.45.